The molecule has 90 valence electrons. The highest BCUT2D eigenvalue weighted by Crippen LogP contribution is 2.19. The van der Waals surface area contributed by atoms with E-state index >= 15 is 0 Å². The van der Waals surface area contributed by atoms with E-state index in [2.05, 4.69) is 0 Å². The number of hydrogen-bond acceptors (Lipinski definition) is 1. The first kappa shape index (κ1) is 10.8. The number of halogens is 1. The predicted molar refractivity (Wildman–Crippen MR) is 69.1 cm³/mol. The predicted octanol–water partition coefficient (Wildman–Crippen LogP) is 3.53. The first-order chi connectivity index (χ1) is 8.72. The SMILES string of the molecule is Oc1ccc(Cn2ccc3ccc(F)cc32)cc1. The number of nitrogens with zero attached hydrogens (tertiary/aromatic N) is 1. The summed E-state index contributed by atoms with van der Waals surface area (Å²) in [4.78, 5) is 0. The van der Waals surface area contributed by atoms with E-state index in [0.717, 1.165) is 16.5 Å². The molecule has 2 aromatic carbocycles. The summed E-state index contributed by atoms with van der Waals surface area (Å²) >= 11 is 0. The third kappa shape index (κ3) is 1.95. The molecule has 0 fully saturated rings. The maximum absolute atomic E-state index is 13.2. The number of fused-ring (bicyclic) bond motifs is 1. The van der Waals surface area contributed by atoms with Crippen molar-refractivity contribution >= 4 is 10.9 Å². The molecule has 0 unspecified atom stereocenters. The zero-order chi connectivity index (χ0) is 12.5. The molecule has 0 saturated heterocycles. The molecule has 0 aliphatic heterocycles. The lowest BCUT2D eigenvalue weighted by Crippen LogP contribution is -1.97. The number of aromatic nitrogens is 1. The summed E-state index contributed by atoms with van der Waals surface area (Å²) in [6.07, 6.45) is 1.94. The van der Waals surface area contributed by atoms with Crippen LogP contribution in [0.3, 0.4) is 0 Å². The highest BCUT2D eigenvalue weighted by molar-refractivity contribution is 5.80. The first-order valence-electron chi connectivity index (χ1n) is 5.75. The number of benzene rings is 2. The smallest absolute Gasteiger partial charge is 0.125 e. The molecular weight excluding hydrogens is 229 g/mol. The van der Waals surface area contributed by atoms with Crippen molar-refractivity contribution in [2.75, 3.05) is 0 Å². The van der Waals surface area contributed by atoms with Gasteiger partial charge < -0.3 is 9.67 Å². The van der Waals surface area contributed by atoms with Crippen LogP contribution in [-0.4, -0.2) is 9.67 Å². The van der Waals surface area contributed by atoms with Crippen molar-refractivity contribution in [3.8, 4) is 5.75 Å². The molecule has 2 nitrogen and oxygen atoms in total. The summed E-state index contributed by atoms with van der Waals surface area (Å²) in [5, 5.41) is 10.3. The maximum Gasteiger partial charge on any atom is 0.125 e. The Kier molecular flexibility index (Phi) is 2.52. The van der Waals surface area contributed by atoms with E-state index in [0.29, 0.717) is 6.54 Å². The van der Waals surface area contributed by atoms with Gasteiger partial charge in [-0.25, -0.2) is 4.39 Å². The molecule has 1 N–H and O–H groups in total. The normalized spacial score (nSPS) is 10.9. The monoisotopic (exact) mass is 241 g/mol. The van der Waals surface area contributed by atoms with E-state index in [-0.39, 0.29) is 11.6 Å². The van der Waals surface area contributed by atoms with Crippen LogP contribution < -0.4 is 0 Å². The van der Waals surface area contributed by atoms with Crippen LogP contribution in [0.4, 0.5) is 4.39 Å². The average molecular weight is 241 g/mol. The third-order valence-electron chi connectivity index (χ3n) is 3.03. The van der Waals surface area contributed by atoms with E-state index < -0.39 is 0 Å². The number of rotatable bonds is 2. The largest absolute Gasteiger partial charge is 0.508 e. The van der Waals surface area contributed by atoms with E-state index in [1.165, 1.54) is 12.1 Å². The van der Waals surface area contributed by atoms with Crippen molar-refractivity contribution in [2.24, 2.45) is 0 Å². The van der Waals surface area contributed by atoms with Crippen molar-refractivity contribution in [1.29, 1.82) is 0 Å². The molecule has 3 aromatic rings. The Morgan fingerprint density at radius 1 is 1.00 bits per heavy atom. The van der Waals surface area contributed by atoms with Crippen LogP contribution in [-0.2, 0) is 6.54 Å². The summed E-state index contributed by atoms with van der Waals surface area (Å²) in [5.41, 5.74) is 1.94. The summed E-state index contributed by atoms with van der Waals surface area (Å²) < 4.78 is 15.2. The second kappa shape index (κ2) is 4.18. The van der Waals surface area contributed by atoms with E-state index in [9.17, 15) is 9.50 Å². The molecule has 0 radical (unpaired) electrons. The molecule has 3 rings (SSSR count). The molecule has 0 aliphatic rings. The van der Waals surface area contributed by atoms with Gasteiger partial charge in [0.1, 0.15) is 11.6 Å². The fraction of sp³-hybridized carbons (Fsp3) is 0.0667. The lowest BCUT2D eigenvalue weighted by molar-refractivity contribution is 0.475. The standard InChI is InChI=1S/C15H12FNO/c16-13-4-3-12-7-8-17(15(12)9-13)10-11-1-5-14(18)6-2-11/h1-9,18H,10H2. The summed E-state index contributed by atoms with van der Waals surface area (Å²) in [5.74, 6) is 0.0234. The van der Waals surface area contributed by atoms with Crippen LogP contribution >= 0.6 is 0 Å². The zero-order valence-electron chi connectivity index (χ0n) is 9.68. The van der Waals surface area contributed by atoms with Gasteiger partial charge in [0.2, 0.25) is 0 Å². The molecule has 0 spiro atoms. The Balaban J connectivity index is 1.99. The van der Waals surface area contributed by atoms with E-state index in [4.69, 9.17) is 0 Å². The van der Waals surface area contributed by atoms with E-state index in [1.807, 2.05) is 29.0 Å². The minimum atomic E-state index is -0.229. The lowest BCUT2D eigenvalue weighted by atomic mass is 10.2. The molecule has 1 heterocycles. The fourth-order valence-corrected chi connectivity index (χ4v) is 2.09. The van der Waals surface area contributed by atoms with Crippen LogP contribution in [0.1, 0.15) is 5.56 Å². The number of phenols is 1. The number of phenolic OH excluding ortho intramolecular Hbond substituents is 1. The second-order valence-electron chi connectivity index (χ2n) is 4.31. The quantitative estimate of drug-likeness (QED) is 0.729. The topological polar surface area (TPSA) is 25.2 Å². The van der Waals surface area contributed by atoms with Gasteiger partial charge in [-0.15, -0.1) is 0 Å². The van der Waals surface area contributed by atoms with Gasteiger partial charge in [-0.3, -0.25) is 0 Å². The molecule has 0 atom stereocenters. The van der Waals surface area contributed by atoms with Crippen LogP contribution in [0.5, 0.6) is 5.75 Å². The fourth-order valence-electron chi connectivity index (χ4n) is 2.09. The van der Waals surface area contributed by atoms with Gasteiger partial charge >= 0.3 is 0 Å². The molecule has 0 saturated carbocycles. The van der Waals surface area contributed by atoms with Crippen LogP contribution in [0.2, 0.25) is 0 Å². The van der Waals surface area contributed by atoms with Crippen LogP contribution in [0.15, 0.2) is 54.7 Å². The van der Waals surface area contributed by atoms with Crippen molar-refractivity contribution in [1.82, 2.24) is 4.57 Å². The molecule has 0 amide bonds. The van der Waals surface area contributed by atoms with Crippen molar-refractivity contribution in [3.05, 3.63) is 66.1 Å². The number of aromatic hydroxyl groups is 1. The van der Waals surface area contributed by atoms with Gasteiger partial charge in [0.25, 0.3) is 0 Å². The Morgan fingerprint density at radius 2 is 1.78 bits per heavy atom. The minimum Gasteiger partial charge on any atom is -0.508 e. The summed E-state index contributed by atoms with van der Waals surface area (Å²) in [6, 6.07) is 13.8. The van der Waals surface area contributed by atoms with Gasteiger partial charge in [-0.05, 0) is 47.3 Å². The highest BCUT2D eigenvalue weighted by Gasteiger charge is 2.03. The van der Waals surface area contributed by atoms with Gasteiger partial charge in [0.05, 0.1) is 5.52 Å². The lowest BCUT2D eigenvalue weighted by Gasteiger charge is -2.06. The van der Waals surface area contributed by atoms with Gasteiger partial charge in [-0.2, -0.15) is 0 Å². The average Bonchev–Trinajstić information content (AvgIpc) is 2.75. The maximum atomic E-state index is 13.2. The molecular formula is C15H12FNO. The van der Waals surface area contributed by atoms with Crippen molar-refractivity contribution in [3.63, 3.8) is 0 Å². The highest BCUT2D eigenvalue weighted by atomic mass is 19.1. The first-order valence-corrected chi connectivity index (χ1v) is 5.75. The third-order valence-corrected chi connectivity index (χ3v) is 3.03. The van der Waals surface area contributed by atoms with Gasteiger partial charge in [0.15, 0.2) is 0 Å². The molecule has 0 bridgehead atoms. The summed E-state index contributed by atoms with van der Waals surface area (Å²) in [6.45, 7) is 0.660. The second-order valence-corrected chi connectivity index (χ2v) is 4.31. The zero-order valence-corrected chi connectivity index (χ0v) is 9.68. The number of hydrogen-bond donors (Lipinski definition) is 1. The van der Waals surface area contributed by atoms with Crippen LogP contribution in [0.25, 0.3) is 10.9 Å². The summed E-state index contributed by atoms with van der Waals surface area (Å²) in [7, 11) is 0. The minimum absolute atomic E-state index is 0.229. The van der Waals surface area contributed by atoms with Gasteiger partial charge in [-0.1, -0.05) is 12.1 Å². The molecule has 18 heavy (non-hydrogen) atoms. The Labute approximate surface area is 104 Å². The molecule has 3 heteroatoms. The molecule has 1 aromatic heterocycles. The van der Waals surface area contributed by atoms with Gasteiger partial charge in [0, 0.05) is 12.7 Å². The van der Waals surface area contributed by atoms with E-state index in [1.54, 1.807) is 18.2 Å². The van der Waals surface area contributed by atoms with Crippen molar-refractivity contribution < 1.29 is 9.50 Å². The van der Waals surface area contributed by atoms with Crippen molar-refractivity contribution in [2.45, 2.75) is 6.54 Å². The Morgan fingerprint density at radius 3 is 2.56 bits per heavy atom. The van der Waals surface area contributed by atoms with Crippen LogP contribution in [0, 0.1) is 5.82 Å². The Hall–Kier alpha value is -2.29. The Bertz CT molecular complexity index is 685. The molecule has 0 aliphatic carbocycles.